The van der Waals surface area contributed by atoms with E-state index in [1.165, 1.54) is 11.1 Å². The third-order valence-electron chi connectivity index (χ3n) is 4.66. The van der Waals surface area contributed by atoms with Crippen molar-refractivity contribution in [1.82, 2.24) is 14.2 Å². The molecule has 1 fully saturated rings. The van der Waals surface area contributed by atoms with Crippen LogP contribution in [0.3, 0.4) is 0 Å². The second-order valence-corrected chi connectivity index (χ2v) is 9.64. The molecular formula is C18H26N4O2S2. The third-order valence-corrected chi connectivity index (χ3v) is 7.52. The number of hydrogen-bond acceptors (Lipinski definition) is 6. The van der Waals surface area contributed by atoms with E-state index >= 15 is 0 Å². The summed E-state index contributed by atoms with van der Waals surface area (Å²) in [5.74, 6) is 0.686. The summed E-state index contributed by atoms with van der Waals surface area (Å²) in [6, 6.07) is 7.81. The molecule has 2 aromatic heterocycles. The molecule has 142 valence electrons. The smallest absolute Gasteiger partial charge is 0.244 e. The van der Waals surface area contributed by atoms with E-state index < -0.39 is 10.0 Å². The second-order valence-electron chi connectivity index (χ2n) is 6.72. The quantitative estimate of drug-likeness (QED) is 0.782. The molecular weight excluding hydrogens is 368 g/mol. The van der Waals surface area contributed by atoms with Crippen LogP contribution < -0.4 is 5.32 Å². The van der Waals surface area contributed by atoms with E-state index in [0.29, 0.717) is 25.5 Å². The fraction of sp³-hybridized carbons (Fsp3) is 0.500. The first kappa shape index (κ1) is 19.3. The summed E-state index contributed by atoms with van der Waals surface area (Å²) in [5, 5.41) is 5.39. The molecule has 26 heavy (non-hydrogen) atoms. The summed E-state index contributed by atoms with van der Waals surface area (Å²) < 4.78 is 26.9. The zero-order valence-corrected chi connectivity index (χ0v) is 16.9. The molecule has 0 amide bonds. The Labute approximate surface area is 159 Å². The fourth-order valence-electron chi connectivity index (χ4n) is 3.11. The molecule has 1 aliphatic rings. The average molecular weight is 395 g/mol. The SMILES string of the molecule is CN(C)C(CNc1ccc(S(=O)(=O)N2CCCCC2)cn1)c1cccs1. The minimum atomic E-state index is -3.42. The zero-order chi connectivity index (χ0) is 18.6. The van der Waals surface area contributed by atoms with E-state index in [0.717, 1.165) is 19.3 Å². The number of likely N-dealkylation sites (N-methyl/N-ethyl adjacent to an activating group) is 1. The number of anilines is 1. The first-order chi connectivity index (χ1) is 12.5. The van der Waals surface area contributed by atoms with E-state index in [4.69, 9.17) is 0 Å². The highest BCUT2D eigenvalue weighted by molar-refractivity contribution is 7.89. The van der Waals surface area contributed by atoms with Gasteiger partial charge in [-0.1, -0.05) is 12.5 Å². The first-order valence-corrected chi connectivity index (χ1v) is 11.2. The van der Waals surface area contributed by atoms with E-state index in [1.807, 2.05) is 14.1 Å². The van der Waals surface area contributed by atoms with Gasteiger partial charge in [0.05, 0.1) is 6.04 Å². The van der Waals surface area contributed by atoms with Gasteiger partial charge in [0.2, 0.25) is 10.0 Å². The maximum Gasteiger partial charge on any atom is 0.244 e. The average Bonchev–Trinajstić information content (AvgIpc) is 3.17. The molecule has 0 spiro atoms. The summed E-state index contributed by atoms with van der Waals surface area (Å²) in [5.41, 5.74) is 0. The third kappa shape index (κ3) is 4.43. The molecule has 2 aromatic rings. The van der Waals surface area contributed by atoms with Crippen LogP contribution in [0.4, 0.5) is 5.82 Å². The molecule has 1 N–H and O–H groups in total. The second kappa shape index (κ2) is 8.47. The Hall–Kier alpha value is -1.48. The predicted molar refractivity (Wildman–Crippen MR) is 106 cm³/mol. The van der Waals surface area contributed by atoms with Gasteiger partial charge in [-0.15, -0.1) is 11.3 Å². The van der Waals surface area contributed by atoms with Gasteiger partial charge < -0.3 is 10.2 Å². The van der Waals surface area contributed by atoms with Crippen molar-refractivity contribution in [2.45, 2.75) is 30.2 Å². The van der Waals surface area contributed by atoms with E-state index in [-0.39, 0.29) is 10.9 Å². The number of nitrogens with one attached hydrogen (secondary N) is 1. The van der Waals surface area contributed by atoms with Crippen molar-refractivity contribution in [3.05, 3.63) is 40.7 Å². The highest BCUT2D eigenvalue weighted by Crippen LogP contribution is 2.24. The minimum absolute atomic E-state index is 0.244. The Balaban J connectivity index is 1.66. The molecule has 1 atom stereocenters. The number of rotatable bonds is 7. The highest BCUT2D eigenvalue weighted by atomic mass is 32.2. The number of thiophene rings is 1. The summed E-state index contributed by atoms with van der Waals surface area (Å²) in [6.45, 7) is 1.92. The van der Waals surface area contributed by atoms with Crippen molar-refractivity contribution >= 4 is 27.2 Å². The van der Waals surface area contributed by atoms with Crippen LogP contribution in [0.25, 0.3) is 0 Å². The molecule has 0 radical (unpaired) electrons. The lowest BCUT2D eigenvalue weighted by Gasteiger charge is -2.26. The maximum absolute atomic E-state index is 12.7. The number of piperidine rings is 1. The molecule has 0 aliphatic carbocycles. The molecule has 8 heteroatoms. The molecule has 3 heterocycles. The lowest BCUT2D eigenvalue weighted by Crippen LogP contribution is -2.35. The molecule has 6 nitrogen and oxygen atoms in total. The van der Waals surface area contributed by atoms with Gasteiger partial charge in [0, 0.05) is 30.7 Å². The highest BCUT2D eigenvalue weighted by Gasteiger charge is 2.26. The van der Waals surface area contributed by atoms with Crippen molar-refractivity contribution in [2.75, 3.05) is 39.0 Å². The van der Waals surface area contributed by atoms with Gasteiger partial charge >= 0.3 is 0 Å². The minimum Gasteiger partial charge on any atom is -0.368 e. The largest absolute Gasteiger partial charge is 0.368 e. The molecule has 0 saturated carbocycles. The predicted octanol–water partition coefficient (Wildman–Crippen LogP) is 3.03. The summed E-state index contributed by atoms with van der Waals surface area (Å²) in [6.07, 6.45) is 4.42. The number of pyridine rings is 1. The van der Waals surface area contributed by atoms with Gasteiger partial charge in [0.1, 0.15) is 10.7 Å². The van der Waals surface area contributed by atoms with Crippen LogP contribution in [0.1, 0.15) is 30.2 Å². The van der Waals surface area contributed by atoms with Gasteiger partial charge in [-0.25, -0.2) is 13.4 Å². The summed E-state index contributed by atoms with van der Waals surface area (Å²) in [7, 11) is 0.676. The Kier molecular flexibility index (Phi) is 6.29. The van der Waals surface area contributed by atoms with Crippen LogP contribution in [-0.4, -0.2) is 56.3 Å². The van der Waals surface area contributed by atoms with Crippen molar-refractivity contribution in [3.8, 4) is 0 Å². The van der Waals surface area contributed by atoms with E-state index in [1.54, 1.807) is 27.8 Å². The molecule has 1 unspecified atom stereocenters. The van der Waals surface area contributed by atoms with Crippen LogP contribution in [0.2, 0.25) is 0 Å². The number of nitrogens with zero attached hydrogens (tertiary/aromatic N) is 3. The van der Waals surface area contributed by atoms with Crippen LogP contribution in [0, 0.1) is 0 Å². The Morgan fingerprint density at radius 1 is 1.23 bits per heavy atom. The van der Waals surface area contributed by atoms with Crippen molar-refractivity contribution in [2.24, 2.45) is 0 Å². The summed E-state index contributed by atoms with van der Waals surface area (Å²) in [4.78, 5) is 8.04. The molecule has 0 bridgehead atoms. The van der Waals surface area contributed by atoms with Gasteiger partial charge in [0.15, 0.2) is 0 Å². The molecule has 3 rings (SSSR count). The number of aromatic nitrogens is 1. The van der Waals surface area contributed by atoms with E-state index in [2.05, 4.69) is 32.7 Å². The normalized spacial score (nSPS) is 17.3. The first-order valence-electron chi connectivity index (χ1n) is 8.88. The van der Waals surface area contributed by atoms with Gasteiger partial charge in [-0.2, -0.15) is 4.31 Å². The zero-order valence-electron chi connectivity index (χ0n) is 15.3. The van der Waals surface area contributed by atoms with E-state index in [9.17, 15) is 8.42 Å². The lowest BCUT2D eigenvalue weighted by atomic mass is 10.2. The van der Waals surface area contributed by atoms with Gasteiger partial charge in [0.25, 0.3) is 0 Å². The fourth-order valence-corrected chi connectivity index (χ4v) is 5.50. The van der Waals surface area contributed by atoms with Crippen molar-refractivity contribution < 1.29 is 8.42 Å². The van der Waals surface area contributed by atoms with Crippen LogP contribution in [0.15, 0.2) is 40.7 Å². The maximum atomic E-state index is 12.7. The van der Waals surface area contributed by atoms with Crippen LogP contribution in [0.5, 0.6) is 0 Å². The number of sulfonamides is 1. The van der Waals surface area contributed by atoms with Crippen LogP contribution >= 0.6 is 11.3 Å². The van der Waals surface area contributed by atoms with Crippen LogP contribution in [-0.2, 0) is 10.0 Å². The van der Waals surface area contributed by atoms with Gasteiger partial charge in [-0.3, -0.25) is 0 Å². The van der Waals surface area contributed by atoms with Crippen molar-refractivity contribution in [1.29, 1.82) is 0 Å². The number of hydrogen-bond donors (Lipinski definition) is 1. The molecule has 1 saturated heterocycles. The Bertz CT molecular complexity index is 783. The monoisotopic (exact) mass is 394 g/mol. The summed E-state index contributed by atoms with van der Waals surface area (Å²) >= 11 is 1.73. The lowest BCUT2D eigenvalue weighted by molar-refractivity contribution is 0.316. The topological polar surface area (TPSA) is 65.5 Å². The molecule has 1 aliphatic heterocycles. The standard InChI is InChI=1S/C18H26N4O2S2/c1-21(2)16(17-7-6-12-25-17)14-20-18-9-8-15(13-19-18)26(23,24)22-10-4-3-5-11-22/h6-9,12-13,16H,3-5,10-11,14H2,1-2H3,(H,19,20). The molecule has 0 aromatic carbocycles. The van der Waals surface area contributed by atoms with Crippen molar-refractivity contribution in [3.63, 3.8) is 0 Å². The Morgan fingerprint density at radius 2 is 2.00 bits per heavy atom. The van der Waals surface area contributed by atoms with Gasteiger partial charge in [-0.05, 0) is 50.5 Å². The Morgan fingerprint density at radius 3 is 2.58 bits per heavy atom.